The third kappa shape index (κ3) is 5.41. The van der Waals surface area contributed by atoms with Gasteiger partial charge in [0.2, 0.25) is 0 Å². The number of rotatable bonds is 5. The number of carbonyl (C=O) groups excluding carboxylic acids is 2. The molecule has 4 rings (SSSR count). The van der Waals surface area contributed by atoms with Gasteiger partial charge in [-0.05, 0) is 76.2 Å². The Kier molecular flexibility index (Phi) is 7.14. The Bertz CT molecular complexity index is 1330. The van der Waals surface area contributed by atoms with Gasteiger partial charge in [0.1, 0.15) is 11.8 Å². The molecule has 3 aromatic rings. The van der Waals surface area contributed by atoms with Crippen LogP contribution in [-0.2, 0) is 9.59 Å². The zero-order valence-corrected chi connectivity index (χ0v) is 20.8. The third-order valence-electron chi connectivity index (χ3n) is 5.36. The van der Waals surface area contributed by atoms with Gasteiger partial charge in [-0.3, -0.25) is 9.59 Å². The number of alkyl halides is 3. The number of aliphatic carboxylic acids is 1. The van der Waals surface area contributed by atoms with Gasteiger partial charge in [-0.15, -0.1) is 13.2 Å². The Morgan fingerprint density at radius 3 is 2.28 bits per heavy atom. The van der Waals surface area contributed by atoms with Gasteiger partial charge in [-0.2, -0.15) is 0 Å². The molecule has 0 bridgehead atoms. The minimum absolute atomic E-state index is 0.0359. The van der Waals surface area contributed by atoms with Crippen molar-refractivity contribution >= 4 is 57.7 Å². The topological polar surface area (TPSA) is 95.9 Å². The first-order valence-corrected chi connectivity index (χ1v) is 11.7. The molecule has 1 aliphatic heterocycles. The maximum Gasteiger partial charge on any atom is 0.573 e. The number of carboxylic acid groups (broad SMARTS) is 1. The normalized spacial score (nSPS) is 16.6. The molecule has 0 saturated carbocycles. The predicted octanol–water partition coefficient (Wildman–Crippen LogP) is 5.80. The van der Waals surface area contributed by atoms with Gasteiger partial charge >= 0.3 is 12.3 Å². The summed E-state index contributed by atoms with van der Waals surface area (Å²) in [5.41, 5.74) is 0.516. The SMILES string of the molecule is O=C(O)C(c1ccc(OC(F)(F)F)cc1)N1C(=O)c2cc(I)ccc2NC(=O)C1c1ccc(Cl)cc1. The number of carbonyl (C=O) groups is 3. The van der Waals surface area contributed by atoms with Crippen molar-refractivity contribution in [2.75, 3.05) is 5.32 Å². The predicted molar refractivity (Wildman–Crippen MR) is 132 cm³/mol. The minimum atomic E-state index is -4.94. The average molecular weight is 631 g/mol. The maximum atomic E-state index is 13.8. The van der Waals surface area contributed by atoms with E-state index in [1.165, 1.54) is 36.4 Å². The third-order valence-corrected chi connectivity index (χ3v) is 6.28. The number of anilines is 1. The summed E-state index contributed by atoms with van der Waals surface area (Å²) in [5.74, 6) is -3.49. The molecule has 0 fully saturated rings. The Labute approximate surface area is 220 Å². The van der Waals surface area contributed by atoms with Crippen LogP contribution in [0.3, 0.4) is 0 Å². The molecule has 1 heterocycles. The molecule has 2 unspecified atom stereocenters. The summed E-state index contributed by atoms with van der Waals surface area (Å²) in [6.07, 6.45) is -4.94. The fraction of sp³-hybridized carbons (Fsp3) is 0.125. The number of nitrogens with one attached hydrogen (secondary N) is 1. The summed E-state index contributed by atoms with van der Waals surface area (Å²) in [4.78, 5) is 40.7. The van der Waals surface area contributed by atoms with Crippen LogP contribution in [0.25, 0.3) is 0 Å². The van der Waals surface area contributed by atoms with Crippen molar-refractivity contribution in [2.45, 2.75) is 18.4 Å². The Balaban J connectivity index is 1.88. The molecule has 7 nitrogen and oxygen atoms in total. The van der Waals surface area contributed by atoms with E-state index in [4.69, 9.17) is 11.6 Å². The number of hydrogen-bond donors (Lipinski definition) is 2. The quantitative estimate of drug-likeness (QED) is 0.348. The number of nitrogens with zero attached hydrogens (tertiary/aromatic N) is 1. The van der Waals surface area contributed by atoms with Crippen LogP contribution in [0.15, 0.2) is 66.7 Å². The molecule has 2 amide bonds. The van der Waals surface area contributed by atoms with Gasteiger partial charge in [0.25, 0.3) is 11.8 Å². The first kappa shape index (κ1) is 25.8. The van der Waals surface area contributed by atoms with Crippen LogP contribution in [0.2, 0.25) is 5.02 Å². The highest BCUT2D eigenvalue weighted by molar-refractivity contribution is 14.1. The zero-order chi connectivity index (χ0) is 26.2. The second-order valence-corrected chi connectivity index (χ2v) is 9.39. The first-order valence-electron chi connectivity index (χ1n) is 10.2. The largest absolute Gasteiger partial charge is 0.573 e. The summed E-state index contributed by atoms with van der Waals surface area (Å²) >= 11 is 7.95. The standard InChI is InChI=1S/C24H15ClF3IN2O5/c25-14-5-1-12(2-6-14)19-21(32)30-18-10-7-15(29)11-17(18)22(33)31(19)20(23(34)35)13-3-8-16(9-4-13)36-24(26,27)28/h1-11,19-20H,(H,30,32)(H,34,35). The second-order valence-electron chi connectivity index (χ2n) is 7.70. The molecule has 12 heteroatoms. The van der Waals surface area contributed by atoms with Crippen LogP contribution in [-0.4, -0.2) is 34.2 Å². The first-order chi connectivity index (χ1) is 16.9. The van der Waals surface area contributed by atoms with Gasteiger partial charge < -0.3 is 20.1 Å². The lowest BCUT2D eigenvalue weighted by Gasteiger charge is -2.34. The van der Waals surface area contributed by atoms with Crippen LogP contribution in [0.1, 0.15) is 33.6 Å². The molecule has 0 radical (unpaired) electrons. The number of amides is 2. The second kappa shape index (κ2) is 9.97. The van der Waals surface area contributed by atoms with Gasteiger partial charge in [0.05, 0.1) is 11.3 Å². The monoisotopic (exact) mass is 630 g/mol. The zero-order valence-electron chi connectivity index (χ0n) is 17.9. The van der Waals surface area contributed by atoms with Crippen LogP contribution < -0.4 is 10.1 Å². The van der Waals surface area contributed by atoms with Gasteiger partial charge in [0.15, 0.2) is 6.04 Å². The van der Waals surface area contributed by atoms with Crippen LogP contribution in [0.4, 0.5) is 18.9 Å². The highest BCUT2D eigenvalue weighted by Gasteiger charge is 2.44. The van der Waals surface area contributed by atoms with E-state index in [0.29, 0.717) is 8.59 Å². The van der Waals surface area contributed by atoms with E-state index in [0.717, 1.165) is 29.2 Å². The molecule has 186 valence electrons. The lowest BCUT2D eigenvalue weighted by atomic mass is 9.97. The van der Waals surface area contributed by atoms with Gasteiger partial charge in [-0.1, -0.05) is 35.9 Å². The van der Waals surface area contributed by atoms with E-state index in [1.807, 2.05) is 22.6 Å². The Hall–Kier alpha value is -3.32. The van der Waals surface area contributed by atoms with E-state index in [2.05, 4.69) is 10.1 Å². The fourth-order valence-corrected chi connectivity index (χ4v) is 4.50. The Morgan fingerprint density at radius 2 is 1.69 bits per heavy atom. The van der Waals surface area contributed by atoms with Gasteiger partial charge in [-0.25, -0.2) is 4.79 Å². The molecule has 0 aliphatic carbocycles. The van der Waals surface area contributed by atoms with E-state index < -0.39 is 42.0 Å². The molecule has 0 saturated heterocycles. The van der Waals surface area contributed by atoms with Crippen molar-refractivity contribution in [3.05, 3.63) is 92.0 Å². The molecular weight excluding hydrogens is 616 g/mol. The number of carboxylic acids is 1. The number of ether oxygens (including phenoxy) is 1. The van der Waals surface area contributed by atoms with Crippen molar-refractivity contribution in [2.24, 2.45) is 0 Å². The molecule has 0 aromatic heterocycles. The molecular formula is C24H15ClF3IN2O5. The van der Waals surface area contributed by atoms with Crippen LogP contribution >= 0.6 is 34.2 Å². The lowest BCUT2D eigenvalue weighted by molar-refractivity contribution is -0.274. The van der Waals surface area contributed by atoms with E-state index >= 15 is 0 Å². The maximum absolute atomic E-state index is 13.8. The van der Waals surface area contributed by atoms with Crippen molar-refractivity contribution in [1.82, 2.24) is 4.90 Å². The highest BCUT2D eigenvalue weighted by Crippen LogP contribution is 2.39. The molecule has 0 spiro atoms. The molecule has 2 atom stereocenters. The fourth-order valence-electron chi connectivity index (χ4n) is 3.88. The summed E-state index contributed by atoms with van der Waals surface area (Å²) in [7, 11) is 0. The smallest absolute Gasteiger partial charge is 0.479 e. The van der Waals surface area contributed by atoms with E-state index in [-0.39, 0.29) is 22.4 Å². The van der Waals surface area contributed by atoms with Crippen LogP contribution in [0.5, 0.6) is 5.75 Å². The van der Waals surface area contributed by atoms with E-state index in [9.17, 15) is 32.7 Å². The number of fused-ring (bicyclic) bond motifs is 1. The Morgan fingerprint density at radius 1 is 1.06 bits per heavy atom. The molecule has 1 aliphatic rings. The summed E-state index contributed by atoms with van der Waals surface area (Å²) in [6, 6.07) is 11.6. The molecule has 2 N–H and O–H groups in total. The average Bonchev–Trinajstić information content (AvgIpc) is 2.89. The lowest BCUT2D eigenvalue weighted by Crippen LogP contribution is -2.44. The number of halogens is 5. The number of benzene rings is 3. The van der Waals surface area contributed by atoms with E-state index in [1.54, 1.807) is 6.07 Å². The molecule has 36 heavy (non-hydrogen) atoms. The van der Waals surface area contributed by atoms with Crippen LogP contribution in [0, 0.1) is 3.57 Å². The van der Waals surface area contributed by atoms with Crippen molar-refractivity contribution < 1.29 is 37.4 Å². The van der Waals surface area contributed by atoms with Crippen molar-refractivity contribution in [3.8, 4) is 5.75 Å². The number of hydrogen-bond acceptors (Lipinski definition) is 4. The summed E-state index contributed by atoms with van der Waals surface area (Å²) in [6.45, 7) is 0. The highest BCUT2D eigenvalue weighted by atomic mass is 127. The minimum Gasteiger partial charge on any atom is -0.479 e. The summed E-state index contributed by atoms with van der Waals surface area (Å²) in [5, 5.41) is 13.2. The van der Waals surface area contributed by atoms with Crippen molar-refractivity contribution in [3.63, 3.8) is 0 Å². The molecule has 3 aromatic carbocycles. The van der Waals surface area contributed by atoms with Gasteiger partial charge in [0, 0.05) is 8.59 Å². The summed E-state index contributed by atoms with van der Waals surface area (Å²) < 4.78 is 42.3. The van der Waals surface area contributed by atoms with Crippen molar-refractivity contribution in [1.29, 1.82) is 0 Å².